The van der Waals surface area contributed by atoms with Gasteiger partial charge in [-0.1, -0.05) is 0 Å². The van der Waals surface area contributed by atoms with E-state index in [-0.39, 0.29) is 23.2 Å². The Balaban J connectivity index is 2.50. The number of Topliss-reactive ketones (excluding diaryl/α,β-unsaturated/α-hetero) is 1. The summed E-state index contributed by atoms with van der Waals surface area (Å²) < 4.78 is 12.8. The van der Waals surface area contributed by atoms with Crippen LogP contribution in [-0.2, 0) is 11.2 Å². The summed E-state index contributed by atoms with van der Waals surface area (Å²) in [7, 11) is 0. The van der Waals surface area contributed by atoms with Gasteiger partial charge in [0.05, 0.1) is 5.88 Å². The summed E-state index contributed by atoms with van der Waals surface area (Å²) in [5.41, 5.74) is 0.525. The largest absolute Gasteiger partial charge is 0.508 e. The Morgan fingerprint density at radius 3 is 2.87 bits per heavy atom. The standard InChI is InChI=1S/C11H12ClFO2/c12-7-10(14)3-1-2-8-6-9(13)4-5-11(8)15/h4-6,15H,1-3,7H2. The van der Waals surface area contributed by atoms with Gasteiger partial charge >= 0.3 is 0 Å². The van der Waals surface area contributed by atoms with Gasteiger partial charge in [0.15, 0.2) is 0 Å². The average Bonchev–Trinajstić information content (AvgIpc) is 2.23. The normalized spacial score (nSPS) is 10.3. The lowest BCUT2D eigenvalue weighted by Gasteiger charge is -2.03. The van der Waals surface area contributed by atoms with Crippen molar-refractivity contribution in [3.05, 3.63) is 29.6 Å². The molecule has 0 amide bonds. The fraction of sp³-hybridized carbons (Fsp3) is 0.364. The summed E-state index contributed by atoms with van der Waals surface area (Å²) in [4.78, 5) is 10.9. The van der Waals surface area contributed by atoms with Crippen molar-refractivity contribution in [1.29, 1.82) is 0 Å². The molecule has 1 rings (SSSR count). The zero-order valence-electron chi connectivity index (χ0n) is 8.17. The molecule has 0 spiro atoms. The zero-order valence-corrected chi connectivity index (χ0v) is 8.93. The number of hydrogen-bond donors (Lipinski definition) is 1. The van der Waals surface area contributed by atoms with Crippen LogP contribution in [-0.4, -0.2) is 16.8 Å². The van der Waals surface area contributed by atoms with E-state index >= 15 is 0 Å². The smallest absolute Gasteiger partial charge is 0.147 e. The summed E-state index contributed by atoms with van der Waals surface area (Å²) in [6.45, 7) is 0. The molecule has 4 heteroatoms. The van der Waals surface area contributed by atoms with Gasteiger partial charge in [-0.2, -0.15) is 0 Å². The zero-order chi connectivity index (χ0) is 11.3. The van der Waals surface area contributed by atoms with Crippen molar-refractivity contribution in [2.75, 3.05) is 5.88 Å². The van der Waals surface area contributed by atoms with Gasteiger partial charge < -0.3 is 5.11 Å². The van der Waals surface area contributed by atoms with Gasteiger partial charge in [-0.15, -0.1) is 11.6 Å². The maximum absolute atomic E-state index is 12.8. The summed E-state index contributed by atoms with van der Waals surface area (Å²) >= 11 is 5.33. The van der Waals surface area contributed by atoms with E-state index in [0.29, 0.717) is 24.8 Å². The lowest BCUT2D eigenvalue weighted by atomic mass is 10.1. The van der Waals surface area contributed by atoms with Crippen molar-refractivity contribution in [2.24, 2.45) is 0 Å². The number of ketones is 1. The van der Waals surface area contributed by atoms with E-state index in [1.807, 2.05) is 0 Å². The van der Waals surface area contributed by atoms with E-state index in [4.69, 9.17) is 11.6 Å². The van der Waals surface area contributed by atoms with Crippen LogP contribution in [0.25, 0.3) is 0 Å². The molecule has 0 aromatic heterocycles. The highest BCUT2D eigenvalue weighted by molar-refractivity contribution is 6.27. The van der Waals surface area contributed by atoms with Crippen LogP contribution >= 0.6 is 11.6 Å². The fourth-order valence-corrected chi connectivity index (χ4v) is 1.43. The van der Waals surface area contributed by atoms with E-state index in [1.165, 1.54) is 18.2 Å². The van der Waals surface area contributed by atoms with Gasteiger partial charge in [0.25, 0.3) is 0 Å². The highest BCUT2D eigenvalue weighted by atomic mass is 35.5. The van der Waals surface area contributed by atoms with Crippen molar-refractivity contribution >= 4 is 17.4 Å². The number of benzene rings is 1. The van der Waals surface area contributed by atoms with Gasteiger partial charge in [0.1, 0.15) is 17.3 Å². The molecule has 0 saturated heterocycles. The Labute approximate surface area is 92.7 Å². The number of phenolic OH excluding ortho intramolecular Hbond substituents is 1. The van der Waals surface area contributed by atoms with Crippen molar-refractivity contribution in [3.8, 4) is 5.75 Å². The van der Waals surface area contributed by atoms with Crippen LogP contribution in [0.3, 0.4) is 0 Å². The van der Waals surface area contributed by atoms with Crippen LogP contribution < -0.4 is 0 Å². The summed E-state index contributed by atoms with van der Waals surface area (Å²) in [5.74, 6) is -0.344. The number of hydrogen-bond acceptors (Lipinski definition) is 2. The molecule has 0 unspecified atom stereocenters. The Kier molecular flexibility index (Phi) is 4.56. The van der Waals surface area contributed by atoms with Gasteiger partial charge in [0.2, 0.25) is 0 Å². The maximum atomic E-state index is 12.8. The number of aryl methyl sites for hydroxylation is 1. The van der Waals surface area contributed by atoms with Crippen molar-refractivity contribution < 1.29 is 14.3 Å². The molecule has 82 valence electrons. The molecule has 0 fully saturated rings. The van der Waals surface area contributed by atoms with Crippen LogP contribution in [0, 0.1) is 5.82 Å². The molecule has 0 saturated carbocycles. The molecule has 1 aromatic carbocycles. The third kappa shape index (κ3) is 3.88. The molecule has 1 N–H and O–H groups in total. The Hall–Kier alpha value is -1.09. The molecule has 1 aromatic rings. The second-order valence-corrected chi connectivity index (χ2v) is 3.57. The van der Waals surface area contributed by atoms with E-state index < -0.39 is 0 Å². The molecule has 15 heavy (non-hydrogen) atoms. The number of rotatable bonds is 5. The minimum atomic E-state index is -0.383. The van der Waals surface area contributed by atoms with E-state index in [1.54, 1.807) is 0 Å². The molecular formula is C11H12ClFO2. The summed E-state index contributed by atoms with van der Waals surface area (Å²) in [5, 5.41) is 9.38. The Bertz CT molecular complexity index is 352. The second kappa shape index (κ2) is 5.71. The molecular weight excluding hydrogens is 219 g/mol. The predicted octanol–water partition coefficient (Wildman–Crippen LogP) is 2.66. The first-order valence-corrected chi connectivity index (χ1v) is 5.22. The third-order valence-corrected chi connectivity index (χ3v) is 2.39. The molecule has 0 radical (unpaired) electrons. The van der Waals surface area contributed by atoms with Gasteiger partial charge in [-0.3, -0.25) is 4.79 Å². The minimum absolute atomic E-state index is 0.00906. The molecule has 0 aliphatic heterocycles. The number of halogens is 2. The van der Waals surface area contributed by atoms with Crippen LogP contribution in [0.2, 0.25) is 0 Å². The SMILES string of the molecule is O=C(CCl)CCCc1cc(F)ccc1O. The highest BCUT2D eigenvalue weighted by Crippen LogP contribution is 2.19. The number of carbonyl (C=O) groups is 1. The second-order valence-electron chi connectivity index (χ2n) is 3.30. The first kappa shape index (κ1) is 12.0. The molecule has 0 aliphatic rings. The predicted molar refractivity (Wildman–Crippen MR) is 56.7 cm³/mol. The third-order valence-electron chi connectivity index (χ3n) is 2.09. The van der Waals surface area contributed by atoms with E-state index in [0.717, 1.165) is 0 Å². The fourth-order valence-electron chi connectivity index (χ4n) is 1.30. The summed E-state index contributed by atoms with van der Waals surface area (Å²) in [6, 6.07) is 3.79. The lowest BCUT2D eigenvalue weighted by molar-refractivity contribution is -0.116. The monoisotopic (exact) mass is 230 g/mol. The van der Waals surface area contributed by atoms with Crippen LogP contribution in [0.5, 0.6) is 5.75 Å². The van der Waals surface area contributed by atoms with Gasteiger partial charge in [0, 0.05) is 6.42 Å². The molecule has 0 heterocycles. The van der Waals surface area contributed by atoms with Gasteiger partial charge in [-0.25, -0.2) is 4.39 Å². The summed E-state index contributed by atoms with van der Waals surface area (Å²) in [6.07, 6.45) is 1.41. The number of alkyl halides is 1. The van der Waals surface area contributed by atoms with Crippen LogP contribution in [0.15, 0.2) is 18.2 Å². The van der Waals surface area contributed by atoms with E-state index in [9.17, 15) is 14.3 Å². The van der Waals surface area contributed by atoms with E-state index in [2.05, 4.69) is 0 Å². The highest BCUT2D eigenvalue weighted by Gasteiger charge is 2.04. The lowest BCUT2D eigenvalue weighted by Crippen LogP contribution is -1.99. The minimum Gasteiger partial charge on any atom is -0.508 e. The molecule has 0 aliphatic carbocycles. The van der Waals surface area contributed by atoms with Crippen molar-refractivity contribution in [2.45, 2.75) is 19.3 Å². The quantitative estimate of drug-likeness (QED) is 0.790. The van der Waals surface area contributed by atoms with Gasteiger partial charge in [-0.05, 0) is 36.6 Å². The maximum Gasteiger partial charge on any atom is 0.147 e. The topological polar surface area (TPSA) is 37.3 Å². The number of carbonyl (C=O) groups excluding carboxylic acids is 1. The van der Waals surface area contributed by atoms with Crippen molar-refractivity contribution in [1.82, 2.24) is 0 Å². The first-order valence-electron chi connectivity index (χ1n) is 4.68. The number of aromatic hydroxyl groups is 1. The Morgan fingerprint density at radius 2 is 2.20 bits per heavy atom. The van der Waals surface area contributed by atoms with Crippen LogP contribution in [0.1, 0.15) is 18.4 Å². The first-order chi connectivity index (χ1) is 7.13. The molecule has 0 bridgehead atoms. The van der Waals surface area contributed by atoms with Crippen LogP contribution in [0.4, 0.5) is 4.39 Å². The average molecular weight is 231 g/mol. The number of phenols is 1. The molecule has 0 atom stereocenters. The Morgan fingerprint density at radius 1 is 1.47 bits per heavy atom. The van der Waals surface area contributed by atoms with Crippen molar-refractivity contribution in [3.63, 3.8) is 0 Å². The molecule has 2 nitrogen and oxygen atoms in total.